The molecule has 1 aliphatic heterocycles. The average molecular weight is 497 g/mol. The van der Waals surface area contributed by atoms with Crippen molar-refractivity contribution in [1.82, 2.24) is 9.78 Å². The van der Waals surface area contributed by atoms with E-state index < -0.39 is 5.97 Å². The molecule has 0 radical (unpaired) electrons. The number of anilines is 1. The second kappa shape index (κ2) is 9.59. The van der Waals surface area contributed by atoms with Crippen LogP contribution in [0.25, 0.3) is 5.69 Å². The number of amides is 1. The SMILES string of the molecule is COc1cc(N2Cc3nn(-c4ccc(Cl)cc4)cc3C2=O)ccc1OCC(OC(=O)CN)C1CC1. The number of rotatable bonds is 9. The summed E-state index contributed by atoms with van der Waals surface area (Å²) in [4.78, 5) is 26.4. The molecule has 0 spiro atoms. The molecular weight excluding hydrogens is 472 g/mol. The number of esters is 1. The molecule has 0 saturated heterocycles. The third-order valence-electron chi connectivity index (χ3n) is 6.12. The number of aromatic nitrogens is 2. The van der Waals surface area contributed by atoms with E-state index in [1.165, 1.54) is 7.11 Å². The van der Waals surface area contributed by atoms with Crippen molar-refractivity contribution in [2.24, 2.45) is 11.7 Å². The number of nitrogens with zero attached hydrogens (tertiary/aromatic N) is 3. The topological polar surface area (TPSA) is 109 Å². The number of methoxy groups -OCH3 is 1. The number of carbonyl (C=O) groups excluding carboxylic acids is 2. The summed E-state index contributed by atoms with van der Waals surface area (Å²) in [5.74, 6) is 0.684. The average Bonchev–Trinajstić information content (AvgIpc) is 3.56. The highest BCUT2D eigenvalue weighted by atomic mass is 35.5. The van der Waals surface area contributed by atoms with Crippen LogP contribution in [0.1, 0.15) is 28.9 Å². The number of ether oxygens (including phenoxy) is 3. The van der Waals surface area contributed by atoms with Gasteiger partial charge in [0.2, 0.25) is 0 Å². The Labute approximate surface area is 207 Å². The Hall–Kier alpha value is -3.56. The lowest BCUT2D eigenvalue weighted by atomic mass is 10.2. The van der Waals surface area contributed by atoms with E-state index in [-0.39, 0.29) is 25.2 Å². The Kier molecular flexibility index (Phi) is 6.36. The van der Waals surface area contributed by atoms with Crippen LogP contribution in [-0.4, -0.2) is 48.0 Å². The van der Waals surface area contributed by atoms with Gasteiger partial charge in [-0.1, -0.05) is 11.6 Å². The number of carbonyl (C=O) groups is 2. The molecule has 1 fully saturated rings. The maximum absolute atomic E-state index is 13.1. The number of benzene rings is 2. The van der Waals surface area contributed by atoms with E-state index >= 15 is 0 Å². The van der Waals surface area contributed by atoms with Crippen LogP contribution in [0.2, 0.25) is 5.02 Å². The molecule has 35 heavy (non-hydrogen) atoms. The van der Waals surface area contributed by atoms with Gasteiger partial charge >= 0.3 is 5.97 Å². The molecule has 0 bridgehead atoms. The van der Waals surface area contributed by atoms with Crippen LogP contribution in [0.15, 0.2) is 48.7 Å². The molecular formula is C25H25ClN4O5. The van der Waals surface area contributed by atoms with Gasteiger partial charge in [-0.05, 0) is 55.2 Å². The normalized spacial score (nSPS) is 15.6. The fourth-order valence-corrected chi connectivity index (χ4v) is 4.20. The van der Waals surface area contributed by atoms with E-state index in [1.54, 1.807) is 46.1 Å². The van der Waals surface area contributed by atoms with Crippen molar-refractivity contribution in [2.45, 2.75) is 25.5 Å². The first kappa shape index (κ1) is 23.2. The van der Waals surface area contributed by atoms with Crippen molar-refractivity contribution in [2.75, 3.05) is 25.2 Å². The van der Waals surface area contributed by atoms with Crippen LogP contribution in [0.3, 0.4) is 0 Å². The summed E-state index contributed by atoms with van der Waals surface area (Å²) in [5, 5.41) is 5.22. The van der Waals surface area contributed by atoms with E-state index in [0.717, 1.165) is 18.5 Å². The van der Waals surface area contributed by atoms with Gasteiger partial charge in [-0.3, -0.25) is 9.59 Å². The van der Waals surface area contributed by atoms with Crippen LogP contribution in [0, 0.1) is 5.92 Å². The van der Waals surface area contributed by atoms with E-state index in [0.29, 0.717) is 45.9 Å². The molecule has 2 heterocycles. The fourth-order valence-electron chi connectivity index (χ4n) is 4.07. The maximum Gasteiger partial charge on any atom is 0.320 e. The quantitative estimate of drug-likeness (QED) is 0.452. The van der Waals surface area contributed by atoms with Crippen molar-refractivity contribution in [3.8, 4) is 17.2 Å². The predicted octanol–water partition coefficient (Wildman–Crippen LogP) is 3.35. The molecule has 1 unspecified atom stereocenters. The highest BCUT2D eigenvalue weighted by molar-refractivity contribution is 6.30. The molecule has 1 aromatic heterocycles. The van der Waals surface area contributed by atoms with Gasteiger partial charge in [0, 0.05) is 23.0 Å². The highest BCUT2D eigenvalue weighted by Gasteiger charge is 2.35. The second-order valence-corrected chi connectivity index (χ2v) is 8.95. The zero-order chi connectivity index (χ0) is 24.5. The van der Waals surface area contributed by atoms with Crippen molar-refractivity contribution < 1.29 is 23.8 Å². The Bertz CT molecular complexity index is 1260. The fraction of sp³-hybridized carbons (Fsp3) is 0.320. The smallest absolute Gasteiger partial charge is 0.320 e. The molecule has 1 aliphatic carbocycles. The molecule has 3 aromatic rings. The zero-order valence-electron chi connectivity index (χ0n) is 19.1. The van der Waals surface area contributed by atoms with Gasteiger partial charge < -0.3 is 24.8 Å². The van der Waals surface area contributed by atoms with Crippen molar-refractivity contribution >= 4 is 29.2 Å². The van der Waals surface area contributed by atoms with E-state index in [1.807, 2.05) is 12.1 Å². The molecule has 2 aliphatic rings. The Morgan fingerprint density at radius 3 is 2.57 bits per heavy atom. The Balaban J connectivity index is 1.29. The molecule has 2 N–H and O–H groups in total. The van der Waals surface area contributed by atoms with E-state index in [9.17, 15) is 9.59 Å². The largest absolute Gasteiger partial charge is 0.493 e. The van der Waals surface area contributed by atoms with Gasteiger partial charge in [-0.15, -0.1) is 0 Å². The van der Waals surface area contributed by atoms with Crippen LogP contribution in [0.4, 0.5) is 5.69 Å². The van der Waals surface area contributed by atoms with E-state index in [2.05, 4.69) is 5.10 Å². The molecule has 5 rings (SSSR count). The molecule has 1 atom stereocenters. The first-order chi connectivity index (χ1) is 17.0. The van der Waals surface area contributed by atoms with Gasteiger partial charge in [0.25, 0.3) is 5.91 Å². The minimum absolute atomic E-state index is 0.140. The molecule has 1 saturated carbocycles. The number of hydrogen-bond acceptors (Lipinski definition) is 7. The van der Waals surface area contributed by atoms with Crippen molar-refractivity contribution in [3.63, 3.8) is 0 Å². The van der Waals surface area contributed by atoms with Crippen LogP contribution in [0.5, 0.6) is 11.5 Å². The highest BCUT2D eigenvalue weighted by Crippen LogP contribution is 2.38. The lowest BCUT2D eigenvalue weighted by Crippen LogP contribution is -2.30. The molecule has 2 aromatic carbocycles. The first-order valence-corrected chi connectivity index (χ1v) is 11.7. The molecule has 1 amide bonds. The number of hydrogen-bond donors (Lipinski definition) is 1. The first-order valence-electron chi connectivity index (χ1n) is 11.3. The number of nitrogens with two attached hydrogens (primary N) is 1. The number of fused-ring (bicyclic) bond motifs is 1. The summed E-state index contributed by atoms with van der Waals surface area (Å²) < 4.78 is 18.5. The van der Waals surface area contributed by atoms with Crippen molar-refractivity contribution in [1.29, 1.82) is 0 Å². The van der Waals surface area contributed by atoms with E-state index in [4.69, 9.17) is 31.5 Å². The number of halogens is 1. The third kappa shape index (κ3) is 4.82. The van der Waals surface area contributed by atoms with Crippen LogP contribution in [-0.2, 0) is 16.1 Å². The van der Waals surface area contributed by atoms with Crippen LogP contribution >= 0.6 is 11.6 Å². The maximum atomic E-state index is 13.1. The minimum Gasteiger partial charge on any atom is -0.493 e. The van der Waals surface area contributed by atoms with Crippen molar-refractivity contribution in [3.05, 3.63) is 64.9 Å². The molecule has 182 valence electrons. The summed E-state index contributed by atoms with van der Waals surface area (Å²) in [6.07, 6.45) is 3.38. The van der Waals surface area contributed by atoms with Crippen LogP contribution < -0.4 is 20.1 Å². The molecule has 10 heteroatoms. The Morgan fingerprint density at radius 2 is 1.91 bits per heavy atom. The standard InChI is InChI=1S/C25H25ClN4O5/c1-33-22-10-18(8-9-21(22)34-14-23(15-2-3-15)35-24(31)11-27)29-13-20-19(25(29)32)12-30(28-20)17-6-4-16(26)5-7-17/h4-10,12,15,23H,2-3,11,13-14,27H2,1H3. The zero-order valence-corrected chi connectivity index (χ0v) is 19.9. The van der Waals surface area contributed by atoms with Gasteiger partial charge in [-0.2, -0.15) is 5.10 Å². The third-order valence-corrected chi connectivity index (χ3v) is 6.38. The second-order valence-electron chi connectivity index (χ2n) is 8.52. The Morgan fingerprint density at radius 1 is 1.17 bits per heavy atom. The predicted molar refractivity (Wildman–Crippen MR) is 129 cm³/mol. The lowest BCUT2D eigenvalue weighted by molar-refractivity contribution is -0.150. The van der Waals surface area contributed by atoms with Gasteiger partial charge in [0.15, 0.2) is 11.5 Å². The summed E-state index contributed by atoms with van der Waals surface area (Å²) in [5.41, 5.74) is 8.11. The van der Waals surface area contributed by atoms with Gasteiger partial charge in [0.1, 0.15) is 12.7 Å². The summed E-state index contributed by atoms with van der Waals surface area (Å²) in [7, 11) is 1.54. The minimum atomic E-state index is -0.447. The summed E-state index contributed by atoms with van der Waals surface area (Å²) in [6, 6.07) is 12.6. The van der Waals surface area contributed by atoms with Gasteiger partial charge in [0.05, 0.1) is 37.1 Å². The lowest BCUT2D eigenvalue weighted by Gasteiger charge is -2.21. The monoisotopic (exact) mass is 496 g/mol. The molecule has 9 nitrogen and oxygen atoms in total. The summed E-state index contributed by atoms with van der Waals surface area (Å²) >= 11 is 5.96. The summed E-state index contributed by atoms with van der Waals surface area (Å²) in [6.45, 7) is 0.389. The van der Waals surface area contributed by atoms with Gasteiger partial charge in [-0.25, -0.2) is 4.68 Å².